The van der Waals surface area contributed by atoms with E-state index in [1.165, 1.54) is 25.9 Å². The molecular weight excluding hydrogens is 406 g/mol. The van der Waals surface area contributed by atoms with E-state index in [2.05, 4.69) is 31.0 Å². The van der Waals surface area contributed by atoms with Crippen molar-refractivity contribution in [1.29, 1.82) is 0 Å². The van der Waals surface area contributed by atoms with E-state index in [0.717, 1.165) is 53.7 Å². The average Bonchev–Trinajstić information content (AvgIpc) is 3.40. The Morgan fingerprint density at radius 2 is 2.00 bits per heavy atom. The highest BCUT2D eigenvalue weighted by Crippen LogP contribution is 2.44. The summed E-state index contributed by atoms with van der Waals surface area (Å²) in [5, 5.41) is 4.48. The van der Waals surface area contributed by atoms with Gasteiger partial charge in [-0.25, -0.2) is 4.98 Å². The van der Waals surface area contributed by atoms with Gasteiger partial charge >= 0.3 is 0 Å². The summed E-state index contributed by atoms with van der Waals surface area (Å²) >= 11 is 0. The van der Waals surface area contributed by atoms with Crippen molar-refractivity contribution in [1.82, 2.24) is 9.88 Å². The SMILES string of the molecule is COc1cc2c3c(c(NC(C)(C)C)nc2cc1OCCCN1CCCC1)CCC3OC=O. The molecule has 174 valence electrons. The summed E-state index contributed by atoms with van der Waals surface area (Å²) in [6.45, 7) is 11.0. The van der Waals surface area contributed by atoms with Gasteiger partial charge in [0, 0.05) is 34.7 Å². The summed E-state index contributed by atoms with van der Waals surface area (Å²) in [5.41, 5.74) is 2.81. The molecule has 7 nitrogen and oxygen atoms in total. The number of ether oxygens (including phenoxy) is 3. The number of benzene rings is 1. The monoisotopic (exact) mass is 441 g/mol. The van der Waals surface area contributed by atoms with Crippen molar-refractivity contribution in [3.63, 3.8) is 0 Å². The number of fused-ring (bicyclic) bond motifs is 3. The predicted molar refractivity (Wildman–Crippen MR) is 126 cm³/mol. The molecule has 1 saturated heterocycles. The molecule has 1 aliphatic carbocycles. The van der Waals surface area contributed by atoms with Crippen molar-refractivity contribution in [2.75, 3.05) is 38.7 Å². The summed E-state index contributed by atoms with van der Waals surface area (Å²) in [6, 6.07) is 3.93. The summed E-state index contributed by atoms with van der Waals surface area (Å²) in [6.07, 6.45) is 4.87. The number of nitrogens with one attached hydrogen (secondary N) is 1. The number of aromatic nitrogens is 1. The second-order valence-corrected chi connectivity index (χ2v) is 9.76. The highest BCUT2D eigenvalue weighted by atomic mass is 16.5. The van der Waals surface area contributed by atoms with E-state index in [4.69, 9.17) is 19.2 Å². The summed E-state index contributed by atoms with van der Waals surface area (Å²) in [4.78, 5) is 18.6. The maximum Gasteiger partial charge on any atom is 0.293 e. The van der Waals surface area contributed by atoms with Gasteiger partial charge in [0.05, 0.1) is 19.2 Å². The van der Waals surface area contributed by atoms with Crippen LogP contribution in [0.4, 0.5) is 5.82 Å². The van der Waals surface area contributed by atoms with Crippen LogP contribution in [-0.2, 0) is 16.0 Å². The maximum atomic E-state index is 11.1. The van der Waals surface area contributed by atoms with E-state index in [1.54, 1.807) is 7.11 Å². The van der Waals surface area contributed by atoms with Crippen LogP contribution in [0, 0.1) is 0 Å². The Bertz CT molecular complexity index is 964. The first-order valence-electron chi connectivity index (χ1n) is 11.7. The fourth-order valence-corrected chi connectivity index (χ4v) is 4.79. The van der Waals surface area contributed by atoms with Gasteiger partial charge < -0.3 is 24.4 Å². The number of pyridine rings is 1. The molecule has 4 rings (SSSR count). The molecule has 1 atom stereocenters. The lowest BCUT2D eigenvalue weighted by molar-refractivity contribution is -0.133. The molecule has 32 heavy (non-hydrogen) atoms. The van der Waals surface area contributed by atoms with E-state index in [9.17, 15) is 4.79 Å². The summed E-state index contributed by atoms with van der Waals surface area (Å²) in [7, 11) is 1.65. The molecule has 2 heterocycles. The lowest BCUT2D eigenvalue weighted by Crippen LogP contribution is -2.27. The number of likely N-dealkylation sites (tertiary alicyclic amines) is 1. The van der Waals surface area contributed by atoms with Crippen molar-refractivity contribution >= 4 is 23.2 Å². The lowest BCUT2D eigenvalue weighted by Gasteiger charge is -2.24. The van der Waals surface area contributed by atoms with Crippen molar-refractivity contribution in [2.45, 2.75) is 64.5 Å². The van der Waals surface area contributed by atoms with Gasteiger partial charge in [-0.3, -0.25) is 4.79 Å². The van der Waals surface area contributed by atoms with Gasteiger partial charge in [0.15, 0.2) is 11.5 Å². The van der Waals surface area contributed by atoms with Gasteiger partial charge in [-0.2, -0.15) is 0 Å². The van der Waals surface area contributed by atoms with Crippen LogP contribution in [0.5, 0.6) is 11.5 Å². The van der Waals surface area contributed by atoms with Gasteiger partial charge in [-0.1, -0.05) is 0 Å². The average molecular weight is 442 g/mol. The molecule has 0 bridgehead atoms. The molecule has 0 amide bonds. The van der Waals surface area contributed by atoms with Crippen molar-refractivity contribution < 1.29 is 19.0 Å². The van der Waals surface area contributed by atoms with Crippen molar-refractivity contribution in [3.8, 4) is 11.5 Å². The molecule has 0 saturated carbocycles. The van der Waals surface area contributed by atoms with E-state index in [0.29, 0.717) is 24.6 Å². The molecule has 2 aromatic rings. The Hall–Kier alpha value is -2.54. The Morgan fingerprint density at radius 1 is 1.22 bits per heavy atom. The molecule has 1 N–H and O–H groups in total. The van der Waals surface area contributed by atoms with E-state index >= 15 is 0 Å². The van der Waals surface area contributed by atoms with Crippen LogP contribution < -0.4 is 14.8 Å². The zero-order chi connectivity index (χ0) is 22.7. The zero-order valence-electron chi connectivity index (χ0n) is 19.7. The molecule has 0 spiro atoms. The number of hydrogen-bond donors (Lipinski definition) is 1. The molecule has 1 aromatic carbocycles. The molecule has 7 heteroatoms. The van der Waals surface area contributed by atoms with E-state index < -0.39 is 0 Å². The highest BCUT2D eigenvalue weighted by Gasteiger charge is 2.31. The van der Waals surface area contributed by atoms with E-state index in [1.807, 2.05) is 12.1 Å². The van der Waals surface area contributed by atoms with Crippen LogP contribution in [0.2, 0.25) is 0 Å². The third-order valence-corrected chi connectivity index (χ3v) is 6.18. The quantitative estimate of drug-likeness (QED) is 0.454. The normalized spacial score (nSPS) is 18.6. The molecule has 2 aliphatic rings. The Balaban J connectivity index is 1.66. The minimum Gasteiger partial charge on any atom is -0.493 e. The minimum atomic E-state index is -0.273. The van der Waals surface area contributed by atoms with Crippen LogP contribution in [-0.4, -0.2) is 55.2 Å². The summed E-state index contributed by atoms with van der Waals surface area (Å²) in [5.74, 6) is 2.22. The standard InChI is InChI=1S/C25H35N3O4/c1-25(2,3)27-24-17-8-9-20(32-16-29)23(17)18-14-21(30-4)22(15-19(18)26-24)31-13-7-12-28-10-5-6-11-28/h14-16,20H,5-13H2,1-4H3,(H,26,27). The molecule has 1 aliphatic heterocycles. The van der Waals surface area contributed by atoms with Crippen LogP contribution in [0.15, 0.2) is 12.1 Å². The molecule has 1 aromatic heterocycles. The number of anilines is 1. The smallest absolute Gasteiger partial charge is 0.293 e. The summed E-state index contributed by atoms with van der Waals surface area (Å²) < 4.78 is 17.2. The van der Waals surface area contributed by atoms with Gasteiger partial charge in [0.25, 0.3) is 6.47 Å². The second kappa shape index (κ2) is 9.53. The van der Waals surface area contributed by atoms with Gasteiger partial charge in [0.1, 0.15) is 11.9 Å². The number of hydrogen-bond acceptors (Lipinski definition) is 7. The number of carbonyl (C=O) groups is 1. The van der Waals surface area contributed by atoms with Crippen LogP contribution in [0.1, 0.15) is 63.7 Å². The molecule has 1 unspecified atom stereocenters. The van der Waals surface area contributed by atoms with Crippen molar-refractivity contribution in [3.05, 3.63) is 23.3 Å². The molecular formula is C25H35N3O4. The first-order valence-corrected chi connectivity index (χ1v) is 11.7. The number of nitrogens with zero attached hydrogens (tertiary/aromatic N) is 2. The molecule has 1 fully saturated rings. The fourth-order valence-electron chi connectivity index (χ4n) is 4.79. The van der Waals surface area contributed by atoms with Gasteiger partial charge in [-0.05, 0) is 72.0 Å². The minimum absolute atomic E-state index is 0.139. The van der Waals surface area contributed by atoms with Crippen LogP contribution in [0.25, 0.3) is 10.9 Å². The highest BCUT2D eigenvalue weighted by molar-refractivity contribution is 5.90. The lowest BCUT2D eigenvalue weighted by atomic mass is 10.0. The first kappa shape index (κ1) is 22.6. The van der Waals surface area contributed by atoms with Crippen LogP contribution in [0.3, 0.4) is 0 Å². The Labute approximate surface area is 190 Å². The second-order valence-electron chi connectivity index (χ2n) is 9.76. The number of carbonyl (C=O) groups excluding carboxylic acids is 1. The number of methoxy groups -OCH3 is 1. The van der Waals surface area contributed by atoms with E-state index in [-0.39, 0.29) is 11.6 Å². The predicted octanol–water partition coefficient (Wildman–Crippen LogP) is 4.48. The topological polar surface area (TPSA) is 72.9 Å². The van der Waals surface area contributed by atoms with Crippen molar-refractivity contribution in [2.24, 2.45) is 0 Å². The third kappa shape index (κ3) is 4.93. The fraction of sp³-hybridized carbons (Fsp3) is 0.600. The molecule has 0 radical (unpaired) electrons. The number of rotatable bonds is 9. The first-order chi connectivity index (χ1) is 15.4. The zero-order valence-corrected chi connectivity index (χ0v) is 19.7. The van der Waals surface area contributed by atoms with Gasteiger partial charge in [-0.15, -0.1) is 0 Å². The Morgan fingerprint density at radius 3 is 2.69 bits per heavy atom. The van der Waals surface area contributed by atoms with Gasteiger partial charge in [0.2, 0.25) is 0 Å². The Kier molecular flexibility index (Phi) is 6.74. The van der Waals surface area contributed by atoms with Crippen LogP contribution >= 0.6 is 0 Å². The third-order valence-electron chi connectivity index (χ3n) is 6.18. The largest absolute Gasteiger partial charge is 0.493 e. The maximum absolute atomic E-state index is 11.1.